The van der Waals surface area contributed by atoms with Gasteiger partial charge in [0.15, 0.2) is 11.4 Å². The molecule has 2 aliphatic heterocycles. The van der Waals surface area contributed by atoms with Crippen molar-refractivity contribution in [3.63, 3.8) is 0 Å². The number of nitrogens with one attached hydrogen (secondary N) is 1. The molecule has 2 fully saturated rings. The van der Waals surface area contributed by atoms with Crippen LogP contribution in [-0.4, -0.2) is 101 Å². The number of hydrogen-bond donors (Lipinski definition) is 3. The maximum absolute atomic E-state index is 12.7. The summed E-state index contributed by atoms with van der Waals surface area (Å²) >= 11 is 11.9. The molecule has 7 rings (SSSR count). The van der Waals surface area contributed by atoms with E-state index in [0.717, 1.165) is 31.6 Å². The number of carbonyl (C=O) groups is 2. The van der Waals surface area contributed by atoms with Gasteiger partial charge < -0.3 is 39.5 Å². The normalized spacial score (nSPS) is 14.5. The largest absolute Gasteiger partial charge is 0.501 e. The lowest BCUT2D eigenvalue weighted by Gasteiger charge is -2.28. The fraction of sp³-hybridized carbons (Fsp3) is 0.294. The summed E-state index contributed by atoms with van der Waals surface area (Å²) < 4.78 is 17.6. The van der Waals surface area contributed by atoms with Gasteiger partial charge in [0.2, 0.25) is 11.5 Å². The predicted molar refractivity (Wildman–Crippen MR) is 191 cm³/mol. The Kier molecular flexibility index (Phi) is 11.1. The number of benzene rings is 1. The minimum Gasteiger partial charge on any atom is -0.501 e. The second-order valence-corrected chi connectivity index (χ2v) is 12.4. The SMILES string of the molecule is COC(=O)c1nc2ccc(N3CCOCC3)cn2c(=O)c1O.O=C(NCc1ccc(Cl)c(Cl)c1)c1nc2ccc(N3CCOCC3)cn2c(=O)c1O. The average Bonchev–Trinajstić information content (AvgIpc) is 3.18. The maximum atomic E-state index is 12.7. The minimum atomic E-state index is -0.852. The fourth-order valence-corrected chi connectivity index (χ4v) is 5.89. The third-order valence-corrected chi connectivity index (χ3v) is 9.09. The van der Waals surface area contributed by atoms with Crippen LogP contribution in [0.5, 0.6) is 11.5 Å². The van der Waals surface area contributed by atoms with Gasteiger partial charge in [0.25, 0.3) is 5.91 Å². The van der Waals surface area contributed by atoms with Crippen LogP contribution in [0.1, 0.15) is 26.5 Å². The molecule has 4 aromatic heterocycles. The number of halogens is 2. The van der Waals surface area contributed by atoms with Crippen molar-refractivity contribution in [3.8, 4) is 11.5 Å². The number of pyridine rings is 2. The number of carbonyl (C=O) groups excluding carboxylic acids is 2. The summed E-state index contributed by atoms with van der Waals surface area (Å²) in [6.07, 6.45) is 3.20. The minimum absolute atomic E-state index is 0.131. The number of morpholine rings is 2. The van der Waals surface area contributed by atoms with Gasteiger partial charge in [0.1, 0.15) is 11.3 Å². The monoisotopic (exact) mass is 753 g/mol. The highest BCUT2D eigenvalue weighted by Crippen LogP contribution is 2.23. The van der Waals surface area contributed by atoms with Gasteiger partial charge >= 0.3 is 17.1 Å². The molecule has 1 amide bonds. The topological polar surface area (TPSA) is 190 Å². The molecule has 3 N–H and O–H groups in total. The summed E-state index contributed by atoms with van der Waals surface area (Å²) in [6.45, 7) is 5.44. The molecule has 0 spiro atoms. The third kappa shape index (κ3) is 7.74. The summed E-state index contributed by atoms with van der Waals surface area (Å²) in [6, 6.07) is 11.9. The zero-order chi connectivity index (χ0) is 36.9. The van der Waals surface area contributed by atoms with E-state index in [1.54, 1.807) is 42.7 Å². The van der Waals surface area contributed by atoms with E-state index in [1.165, 1.54) is 8.80 Å². The van der Waals surface area contributed by atoms with E-state index in [1.807, 2.05) is 12.1 Å². The van der Waals surface area contributed by atoms with Gasteiger partial charge in [-0.2, -0.15) is 0 Å². The number of aromatic nitrogens is 4. The first-order valence-electron chi connectivity index (χ1n) is 16.0. The Morgan fingerprint density at radius 2 is 1.27 bits per heavy atom. The van der Waals surface area contributed by atoms with Gasteiger partial charge in [-0.05, 0) is 42.0 Å². The second-order valence-electron chi connectivity index (χ2n) is 11.6. The van der Waals surface area contributed by atoms with E-state index in [2.05, 4.69) is 29.8 Å². The molecule has 2 saturated heterocycles. The molecule has 52 heavy (non-hydrogen) atoms. The smallest absolute Gasteiger partial charge is 0.360 e. The summed E-state index contributed by atoms with van der Waals surface area (Å²) in [5, 5.41) is 23.6. The number of aromatic hydroxyl groups is 2. The van der Waals surface area contributed by atoms with Crippen molar-refractivity contribution < 1.29 is 34.0 Å². The lowest BCUT2D eigenvalue weighted by molar-refractivity contribution is 0.0590. The van der Waals surface area contributed by atoms with E-state index in [-0.39, 0.29) is 29.2 Å². The van der Waals surface area contributed by atoms with Crippen LogP contribution >= 0.6 is 23.2 Å². The number of fused-ring (bicyclic) bond motifs is 2. The Balaban J connectivity index is 0.000000187. The Labute approximate surface area is 305 Å². The van der Waals surface area contributed by atoms with E-state index < -0.39 is 34.5 Å². The molecule has 0 saturated carbocycles. The maximum Gasteiger partial charge on any atom is 0.360 e. The van der Waals surface area contributed by atoms with Gasteiger partial charge in [-0.15, -0.1) is 0 Å². The molecular formula is C34H33Cl2N7O9. The molecule has 0 unspecified atom stereocenters. The first-order valence-corrected chi connectivity index (χ1v) is 16.8. The standard InChI is InChI=1S/C20H18Cl2N4O4.C14H15N3O5/c21-14-3-1-12(9-15(14)22)10-23-19(28)17-18(27)20(29)26-11-13(2-4-16(26)24-17)25-5-7-30-8-6-25;1-21-14(20)11-12(18)13(19)17-8-9(2-3-10(17)15-11)16-4-6-22-7-5-16/h1-4,9,11,27H,5-8,10H2,(H,23,28);2-3,8,18H,4-7H2,1H3. The highest BCUT2D eigenvalue weighted by Gasteiger charge is 2.22. The van der Waals surface area contributed by atoms with Gasteiger partial charge in [-0.1, -0.05) is 29.3 Å². The number of ether oxygens (including phenoxy) is 3. The molecule has 0 bridgehead atoms. The van der Waals surface area contributed by atoms with Crippen LogP contribution in [0.2, 0.25) is 10.0 Å². The molecule has 1 aromatic carbocycles. The molecule has 16 nitrogen and oxygen atoms in total. The summed E-state index contributed by atoms with van der Waals surface area (Å²) in [5.74, 6) is -2.95. The summed E-state index contributed by atoms with van der Waals surface area (Å²) in [4.78, 5) is 61.3. The first kappa shape index (κ1) is 36.4. The molecule has 6 heterocycles. The Hall–Kier alpha value is -5.42. The van der Waals surface area contributed by atoms with Crippen LogP contribution < -0.4 is 26.2 Å². The highest BCUT2D eigenvalue weighted by atomic mass is 35.5. The zero-order valence-electron chi connectivity index (χ0n) is 27.8. The highest BCUT2D eigenvalue weighted by molar-refractivity contribution is 6.42. The van der Waals surface area contributed by atoms with Crippen LogP contribution in [0.3, 0.4) is 0 Å². The van der Waals surface area contributed by atoms with Crippen LogP contribution in [-0.2, 0) is 20.8 Å². The number of hydrogen-bond acceptors (Lipinski definition) is 13. The van der Waals surface area contributed by atoms with Crippen LogP contribution in [0.4, 0.5) is 11.4 Å². The van der Waals surface area contributed by atoms with Crippen molar-refractivity contribution in [2.45, 2.75) is 6.54 Å². The fourth-order valence-electron chi connectivity index (χ4n) is 5.57. The van der Waals surface area contributed by atoms with E-state index in [4.69, 9.17) is 32.7 Å². The zero-order valence-corrected chi connectivity index (χ0v) is 29.3. The molecule has 18 heteroatoms. The van der Waals surface area contributed by atoms with Crippen molar-refractivity contribution in [1.82, 2.24) is 24.1 Å². The van der Waals surface area contributed by atoms with Crippen molar-refractivity contribution in [2.75, 3.05) is 69.5 Å². The third-order valence-electron chi connectivity index (χ3n) is 8.35. The van der Waals surface area contributed by atoms with Crippen LogP contribution in [0, 0.1) is 0 Å². The van der Waals surface area contributed by atoms with E-state index in [9.17, 15) is 29.4 Å². The number of anilines is 2. The molecule has 0 aliphatic carbocycles. The molecular weight excluding hydrogens is 721 g/mol. The molecule has 2 aliphatic rings. The van der Waals surface area contributed by atoms with Crippen LogP contribution in [0.25, 0.3) is 11.3 Å². The number of methoxy groups -OCH3 is 1. The van der Waals surface area contributed by atoms with Gasteiger partial charge in [-0.25, -0.2) is 14.8 Å². The predicted octanol–water partition coefficient (Wildman–Crippen LogP) is 2.50. The summed E-state index contributed by atoms with van der Waals surface area (Å²) in [7, 11) is 1.16. The van der Waals surface area contributed by atoms with Gasteiger partial charge in [0.05, 0.1) is 55.0 Å². The van der Waals surface area contributed by atoms with Crippen molar-refractivity contribution in [2.24, 2.45) is 0 Å². The Morgan fingerprint density at radius 3 is 1.77 bits per heavy atom. The Bertz CT molecular complexity index is 2270. The lowest BCUT2D eigenvalue weighted by atomic mass is 10.2. The number of rotatable bonds is 6. The number of amides is 1. The van der Waals surface area contributed by atoms with E-state index >= 15 is 0 Å². The van der Waals surface area contributed by atoms with Gasteiger partial charge in [0, 0.05) is 45.1 Å². The number of esters is 1. The Morgan fingerprint density at radius 1 is 0.769 bits per heavy atom. The molecule has 5 aromatic rings. The number of nitrogens with zero attached hydrogens (tertiary/aromatic N) is 6. The van der Waals surface area contributed by atoms with Crippen molar-refractivity contribution >= 4 is 57.7 Å². The second kappa shape index (κ2) is 15.9. The van der Waals surface area contributed by atoms with Crippen LogP contribution in [0.15, 0.2) is 64.4 Å². The van der Waals surface area contributed by atoms with Gasteiger partial charge in [-0.3, -0.25) is 23.2 Å². The van der Waals surface area contributed by atoms with E-state index in [0.29, 0.717) is 55.1 Å². The van der Waals surface area contributed by atoms with Crippen molar-refractivity contribution in [1.29, 1.82) is 0 Å². The lowest BCUT2D eigenvalue weighted by Crippen LogP contribution is -2.36. The average molecular weight is 755 g/mol. The molecule has 0 atom stereocenters. The molecule has 0 radical (unpaired) electrons. The first-order chi connectivity index (χ1) is 25.0. The van der Waals surface area contributed by atoms with Crippen molar-refractivity contribution in [3.05, 3.63) is 103 Å². The quantitative estimate of drug-likeness (QED) is 0.215. The summed E-state index contributed by atoms with van der Waals surface area (Å²) in [5.41, 5.74) is 0.733. The molecule has 272 valence electrons.